The Balaban J connectivity index is 1.92. The summed E-state index contributed by atoms with van der Waals surface area (Å²) in [6, 6.07) is 11.0. The van der Waals surface area contributed by atoms with Crippen LogP contribution >= 0.6 is 0 Å². The second kappa shape index (κ2) is 5.06. The van der Waals surface area contributed by atoms with E-state index in [9.17, 15) is 13.2 Å². The number of alkyl halides is 3. The molecule has 5 heteroatoms. The van der Waals surface area contributed by atoms with E-state index in [4.69, 9.17) is 10.00 Å². The zero-order chi connectivity index (χ0) is 15.9. The molecule has 0 N–H and O–H groups in total. The Labute approximate surface area is 125 Å². The second-order valence-electron chi connectivity index (χ2n) is 5.38. The van der Waals surface area contributed by atoms with Crippen LogP contribution in [-0.2, 0) is 12.6 Å². The number of fused-ring (bicyclic) bond motifs is 1. The maximum absolute atomic E-state index is 12.8. The molecule has 0 fully saturated rings. The Morgan fingerprint density at radius 3 is 2.64 bits per heavy atom. The average molecular weight is 303 g/mol. The zero-order valence-corrected chi connectivity index (χ0v) is 11.7. The van der Waals surface area contributed by atoms with E-state index in [1.54, 1.807) is 12.1 Å². The van der Waals surface area contributed by atoms with Gasteiger partial charge < -0.3 is 4.74 Å². The van der Waals surface area contributed by atoms with E-state index >= 15 is 0 Å². The van der Waals surface area contributed by atoms with E-state index < -0.39 is 11.7 Å². The van der Waals surface area contributed by atoms with Crippen molar-refractivity contribution >= 4 is 0 Å². The van der Waals surface area contributed by atoms with Gasteiger partial charge in [-0.15, -0.1) is 0 Å². The lowest BCUT2D eigenvalue weighted by Gasteiger charge is -2.12. The van der Waals surface area contributed by atoms with Gasteiger partial charge in [-0.2, -0.15) is 18.4 Å². The molecule has 0 saturated heterocycles. The Hall–Kier alpha value is -2.48. The molecule has 112 valence electrons. The predicted octanol–water partition coefficient (Wildman–Crippen LogP) is 4.56. The van der Waals surface area contributed by atoms with Crippen LogP contribution in [0.1, 0.15) is 33.9 Å². The van der Waals surface area contributed by atoms with Gasteiger partial charge in [0.25, 0.3) is 0 Å². The quantitative estimate of drug-likeness (QED) is 0.773. The summed E-state index contributed by atoms with van der Waals surface area (Å²) >= 11 is 0. The maximum atomic E-state index is 12.8. The number of nitrogens with zero attached hydrogens (tertiary/aromatic N) is 1. The molecule has 2 nitrogen and oxygen atoms in total. The highest BCUT2D eigenvalue weighted by Gasteiger charge is 2.33. The summed E-state index contributed by atoms with van der Waals surface area (Å²) in [4.78, 5) is 0. The van der Waals surface area contributed by atoms with E-state index in [1.165, 1.54) is 6.07 Å². The third-order valence-corrected chi connectivity index (χ3v) is 3.66. The average Bonchev–Trinajstić information content (AvgIpc) is 2.88. The largest absolute Gasteiger partial charge is 0.485 e. The van der Waals surface area contributed by atoms with E-state index in [2.05, 4.69) is 6.07 Å². The summed E-state index contributed by atoms with van der Waals surface area (Å²) in [5.41, 5.74) is 2.12. The fraction of sp³-hybridized carbons (Fsp3) is 0.235. The number of aryl methyl sites for hydroxylation is 1. The van der Waals surface area contributed by atoms with E-state index in [0.717, 1.165) is 23.3 Å². The molecule has 0 amide bonds. The van der Waals surface area contributed by atoms with Gasteiger partial charge in [0.05, 0.1) is 17.2 Å². The minimum Gasteiger partial charge on any atom is -0.485 e. The summed E-state index contributed by atoms with van der Waals surface area (Å²) in [5, 5.41) is 9.01. The highest BCUT2D eigenvalue weighted by atomic mass is 19.4. The highest BCUT2D eigenvalue weighted by molar-refractivity contribution is 5.45. The van der Waals surface area contributed by atoms with Gasteiger partial charge in [0.2, 0.25) is 0 Å². The molecule has 1 heterocycles. The van der Waals surface area contributed by atoms with Crippen molar-refractivity contribution in [3.8, 4) is 11.8 Å². The molecule has 2 aromatic carbocycles. The van der Waals surface area contributed by atoms with Crippen molar-refractivity contribution in [3.05, 3.63) is 64.2 Å². The molecule has 2 aromatic rings. The Kier molecular flexibility index (Phi) is 3.32. The Morgan fingerprint density at radius 1 is 1.18 bits per heavy atom. The standard InChI is InChI=1S/C17H12F3NO/c1-10-4-11(9-21)6-12(5-10)16-8-13-7-14(17(18,19)20)2-3-15(13)22-16/h2-7,16H,8H2,1H3/t16-/m0/s1. The smallest absolute Gasteiger partial charge is 0.416 e. The van der Waals surface area contributed by atoms with Crippen molar-refractivity contribution in [1.82, 2.24) is 0 Å². The third kappa shape index (κ3) is 2.64. The summed E-state index contributed by atoms with van der Waals surface area (Å²) in [7, 11) is 0. The molecular weight excluding hydrogens is 291 g/mol. The van der Waals surface area contributed by atoms with Gasteiger partial charge >= 0.3 is 6.18 Å². The molecule has 0 unspecified atom stereocenters. The molecule has 0 aliphatic carbocycles. The summed E-state index contributed by atoms with van der Waals surface area (Å²) in [6.07, 6.45) is -4.34. The van der Waals surface area contributed by atoms with Crippen molar-refractivity contribution < 1.29 is 17.9 Å². The molecule has 1 aliphatic rings. The molecule has 0 radical (unpaired) electrons. The van der Waals surface area contributed by atoms with Crippen LogP contribution in [0, 0.1) is 18.3 Å². The van der Waals surface area contributed by atoms with Crippen LogP contribution in [0.15, 0.2) is 36.4 Å². The van der Waals surface area contributed by atoms with Crippen LogP contribution in [0.4, 0.5) is 13.2 Å². The first kappa shape index (κ1) is 14.5. The normalized spacial score (nSPS) is 16.8. The number of nitriles is 1. The van der Waals surface area contributed by atoms with E-state index in [0.29, 0.717) is 23.3 Å². The molecule has 0 spiro atoms. The van der Waals surface area contributed by atoms with Crippen LogP contribution < -0.4 is 4.74 Å². The maximum Gasteiger partial charge on any atom is 0.416 e. The van der Waals surface area contributed by atoms with Crippen LogP contribution in [0.2, 0.25) is 0 Å². The molecular formula is C17H12F3NO. The first-order chi connectivity index (χ1) is 10.4. The number of benzene rings is 2. The minimum absolute atomic E-state index is 0.356. The van der Waals surface area contributed by atoms with E-state index in [1.807, 2.05) is 13.0 Å². The van der Waals surface area contributed by atoms with Crippen molar-refractivity contribution in [2.24, 2.45) is 0 Å². The second-order valence-corrected chi connectivity index (χ2v) is 5.38. The number of rotatable bonds is 1. The molecule has 1 atom stereocenters. The van der Waals surface area contributed by atoms with Gasteiger partial charge in [-0.1, -0.05) is 6.07 Å². The van der Waals surface area contributed by atoms with Crippen LogP contribution in [0.5, 0.6) is 5.75 Å². The first-order valence-electron chi connectivity index (χ1n) is 6.75. The van der Waals surface area contributed by atoms with Gasteiger partial charge in [-0.25, -0.2) is 0 Å². The number of hydrogen-bond donors (Lipinski definition) is 0. The molecule has 0 bridgehead atoms. The topological polar surface area (TPSA) is 33.0 Å². The Bertz CT molecular complexity index is 774. The number of halogens is 3. The first-order valence-corrected chi connectivity index (χ1v) is 6.75. The van der Waals surface area contributed by atoms with Crippen molar-refractivity contribution in [3.63, 3.8) is 0 Å². The van der Waals surface area contributed by atoms with Crippen LogP contribution in [0.3, 0.4) is 0 Å². The SMILES string of the molecule is Cc1cc(C#N)cc([C@@H]2Cc3cc(C(F)(F)F)ccc3O2)c1. The summed E-state index contributed by atoms with van der Waals surface area (Å²) < 4.78 is 44.0. The van der Waals surface area contributed by atoms with Crippen LogP contribution in [0.25, 0.3) is 0 Å². The monoisotopic (exact) mass is 303 g/mol. The van der Waals surface area contributed by atoms with Gasteiger partial charge in [0, 0.05) is 6.42 Å². The zero-order valence-electron chi connectivity index (χ0n) is 11.7. The molecule has 3 rings (SSSR count). The Morgan fingerprint density at radius 2 is 1.95 bits per heavy atom. The lowest BCUT2D eigenvalue weighted by Crippen LogP contribution is -2.05. The fourth-order valence-electron chi connectivity index (χ4n) is 2.67. The van der Waals surface area contributed by atoms with E-state index in [-0.39, 0.29) is 6.10 Å². The summed E-state index contributed by atoms with van der Waals surface area (Å²) in [6.45, 7) is 1.87. The van der Waals surface area contributed by atoms with Crippen molar-refractivity contribution in [2.75, 3.05) is 0 Å². The third-order valence-electron chi connectivity index (χ3n) is 3.66. The van der Waals surface area contributed by atoms with Crippen molar-refractivity contribution in [2.45, 2.75) is 25.6 Å². The fourth-order valence-corrected chi connectivity index (χ4v) is 2.67. The van der Waals surface area contributed by atoms with Gasteiger partial charge in [0.15, 0.2) is 0 Å². The van der Waals surface area contributed by atoms with Gasteiger partial charge in [-0.05, 0) is 53.9 Å². The predicted molar refractivity (Wildman–Crippen MR) is 74.4 cm³/mol. The minimum atomic E-state index is -4.36. The molecule has 22 heavy (non-hydrogen) atoms. The summed E-state index contributed by atoms with van der Waals surface area (Å²) in [5.74, 6) is 0.470. The highest BCUT2D eigenvalue weighted by Crippen LogP contribution is 2.40. The van der Waals surface area contributed by atoms with Gasteiger partial charge in [0.1, 0.15) is 11.9 Å². The molecule has 1 aliphatic heterocycles. The molecule has 0 aromatic heterocycles. The number of hydrogen-bond acceptors (Lipinski definition) is 2. The van der Waals surface area contributed by atoms with Crippen molar-refractivity contribution in [1.29, 1.82) is 5.26 Å². The lowest BCUT2D eigenvalue weighted by atomic mass is 9.99. The molecule has 0 saturated carbocycles. The number of ether oxygens (including phenoxy) is 1. The van der Waals surface area contributed by atoms with Gasteiger partial charge in [-0.3, -0.25) is 0 Å². The van der Waals surface area contributed by atoms with Crippen LogP contribution in [-0.4, -0.2) is 0 Å². The lowest BCUT2D eigenvalue weighted by molar-refractivity contribution is -0.137.